The molecule has 0 aromatic carbocycles. The molecule has 0 heterocycles. The predicted octanol–water partition coefficient (Wildman–Crippen LogP) is 1.01. The molecule has 9 heavy (non-hydrogen) atoms. The van der Waals surface area contributed by atoms with Crippen LogP contribution in [-0.4, -0.2) is 18.2 Å². The molecule has 0 fully saturated rings. The first-order valence-corrected chi connectivity index (χ1v) is 2.57. The lowest BCUT2D eigenvalue weighted by Crippen LogP contribution is -1.94. The number of methoxy groups -OCH3 is 1. The molecule has 0 spiro atoms. The van der Waals surface area contributed by atoms with Gasteiger partial charge in [0, 0.05) is 0 Å². The zero-order valence-electron chi connectivity index (χ0n) is 5.55. The SMILES string of the molecule is CO/C=C(/C)CC(=O)O. The molecular weight excluding hydrogens is 120 g/mol. The summed E-state index contributed by atoms with van der Waals surface area (Å²) in [4.78, 5) is 9.99. The van der Waals surface area contributed by atoms with Gasteiger partial charge < -0.3 is 9.84 Å². The second kappa shape index (κ2) is 3.95. The van der Waals surface area contributed by atoms with Crippen LogP contribution in [0.4, 0.5) is 0 Å². The number of ether oxygens (including phenoxy) is 1. The molecule has 0 amide bonds. The van der Waals surface area contributed by atoms with E-state index in [2.05, 4.69) is 4.74 Å². The first-order valence-electron chi connectivity index (χ1n) is 2.57. The highest BCUT2D eigenvalue weighted by molar-refractivity contribution is 5.69. The minimum absolute atomic E-state index is 0.0494. The largest absolute Gasteiger partial charge is 0.504 e. The second-order valence-corrected chi connectivity index (χ2v) is 1.77. The monoisotopic (exact) mass is 130 g/mol. The summed E-state index contributed by atoms with van der Waals surface area (Å²) in [5.41, 5.74) is 0.713. The summed E-state index contributed by atoms with van der Waals surface area (Å²) in [5.74, 6) is -0.833. The quantitative estimate of drug-likeness (QED) is 0.580. The van der Waals surface area contributed by atoms with Gasteiger partial charge in [0.2, 0.25) is 0 Å². The normalized spacial score (nSPS) is 11.1. The summed E-state index contributed by atoms with van der Waals surface area (Å²) in [6.07, 6.45) is 1.47. The second-order valence-electron chi connectivity index (χ2n) is 1.77. The summed E-state index contributed by atoms with van der Waals surface area (Å²) >= 11 is 0. The van der Waals surface area contributed by atoms with Crippen LogP contribution in [0.15, 0.2) is 11.8 Å². The van der Waals surface area contributed by atoms with E-state index in [9.17, 15) is 4.79 Å². The van der Waals surface area contributed by atoms with Crippen molar-refractivity contribution in [2.45, 2.75) is 13.3 Å². The molecule has 3 nitrogen and oxygen atoms in total. The van der Waals surface area contributed by atoms with Crippen LogP contribution in [0.1, 0.15) is 13.3 Å². The number of rotatable bonds is 3. The van der Waals surface area contributed by atoms with E-state index in [0.29, 0.717) is 5.57 Å². The van der Waals surface area contributed by atoms with Gasteiger partial charge in [-0.15, -0.1) is 0 Å². The molecule has 0 radical (unpaired) electrons. The Bertz CT molecular complexity index is 126. The van der Waals surface area contributed by atoms with Crippen molar-refractivity contribution >= 4 is 5.97 Å². The van der Waals surface area contributed by atoms with Crippen LogP contribution in [0, 0.1) is 0 Å². The number of carboxylic acids is 1. The van der Waals surface area contributed by atoms with E-state index in [4.69, 9.17) is 5.11 Å². The lowest BCUT2D eigenvalue weighted by Gasteiger charge is -1.93. The van der Waals surface area contributed by atoms with Crippen LogP contribution in [0.2, 0.25) is 0 Å². The minimum Gasteiger partial charge on any atom is -0.504 e. The van der Waals surface area contributed by atoms with Gasteiger partial charge >= 0.3 is 5.97 Å². The zero-order valence-corrected chi connectivity index (χ0v) is 5.55. The summed E-state index contributed by atoms with van der Waals surface area (Å²) < 4.78 is 4.58. The van der Waals surface area contributed by atoms with Crippen LogP contribution in [0.3, 0.4) is 0 Å². The Balaban J connectivity index is 3.62. The van der Waals surface area contributed by atoms with Crippen LogP contribution < -0.4 is 0 Å². The predicted molar refractivity (Wildman–Crippen MR) is 33.0 cm³/mol. The highest BCUT2D eigenvalue weighted by Gasteiger charge is 1.96. The molecule has 0 rings (SSSR count). The third-order valence-corrected chi connectivity index (χ3v) is 0.749. The summed E-state index contributed by atoms with van der Waals surface area (Å²) in [7, 11) is 1.49. The van der Waals surface area contributed by atoms with Crippen molar-refractivity contribution in [2.24, 2.45) is 0 Å². The van der Waals surface area contributed by atoms with E-state index >= 15 is 0 Å². The van der Waals surface area contributed by atoms with E-state index in [1.807, 2.05) is 0 Å². The maximum atomic E-state index is 9.99. The van der Waals surface area contributed by atoms with Gasteiger partial charge in [-0.1, -0.05) is 0 Å². The number of hydrogen-bond donors (Lipinski definition) is 1. The van der Waals surface area contributed by atoms with Crippen molar-refractivity contribution in [2.75, 3.05) is 7.11 Å². The molecule has 0 atom stereocenters. The Morgan fingerprint density at radius 2 is 2.33 bits per heavy atom. The van der Waals surface area contributed by atoms with Crippen molar-refractivity contribution in [1.82, 2.24) is 0 Å². The van der Waals surface area contributed by atoms with Crippen LogP contribution in [-0.2, 0) is 9.53 Å². The molecule has 0 saturated heterocycles. The molecule has 0 aliphatic carbocycles. The molecule has 0 unspecified atom stereocenters. The number of hydrogen-bond acceptors (Lipinski definition) is 2. The molecule has 0 bridgehead atoms. The van der Waals surface area contributed by atoms with Gasteiger partial charge in [-0.05, 0) is 12.5 Å². The molecule has 0 aromatic heterocycles. The molecule has 1 N–H and O–H groups in total. The first-order chi connectivity index (χ1) is 4.16. The van der Waals surface area contributed by atoms with E-state index < -0.39 is 5.97 Å². The standard InChI is InChI=1S/C6H10O3/c1-5(4-9-2)3-6(7)8/h4H,3H2,1-2H3,(H,7,8)/b5-4-. The van der Waals surface area contributed by atoms with Crippen molar-refractivity contribution in [1.29, 1.82) is 0 Å². The van der Waals surface area contributed by atoms with Crippen molar-refractivity contribution < 1.29 is 14.6 Å². The first kappa shape index (κ1) is 8.01. The van der Waals surface area contributed by atoms with E-state index in [1.54, 1.807) is 6.92 Å². The van der Waals surface area contributed by atoms with Crippen molar-refractivity contribution in [3.8, 4) is 0 Å². The van der Waals surface area contributed by atoms with Crippen LogP contribution >= 0.6 is 0 Å². The molecular formula is C6H10O3. The molecule has 0 aliphatic heterocycles. The topological polar surface area (TPSA) is 46.5 Å². The van der Waals surface area contributed by atoms with Gasteiger partial charge in [-0.2, -0.15) is 0 Å². The summed E-state index contributed by atoms with van der Waals surface area (Å²) in [6.45, 7) is 1.71. The summed E-state index contributed by atoms with van der Waals surface area (Å²) in [5, 5.41) is 8.21. The van der Waals surface area contributed by atoms with Crippen LogP contribution in [0.5, 0.6) is 0 Å². The van der Waals surface area contributed by atoms with Gasteiger partial charge in [0.15, 0.2) is 0 Å². The average molecular weight is 130 g/mol. The maximum Gasteiger partial charge on any atom is 0.307 e. The Labute approximate surface area is 53.9 Å². The number of carbonyl (C=O) groups is 1. The van der Waals surface area contributed by atoms with E-state index in [1.165, 1.54) is 13.4 Å². The highest BCUT2D eigenvalue weighted by atomic mass is 16.5. The minimum atomic E-state index is -0.833. The fourth-order valence-corrected chi connectivity index (χ4v) is 0.481. The van der Waals surface area contributed by atoms with Crippen molar-refractivity contribution in [3.05, 3.63) is 11.8 Å². The van der Waals surface area contributed by atoms with E-state index in [0.717, 1.165) is 0 Å². The molecule has 0 saturated carbocycles. The van der Waals surface area contributed by atoms with Gasteiger partial charge in [0.1, 0.15) is 0 Å². The summed E-state index contributed by atoms with van der Waals surface area (Å²) in [6, 6.07) is 0. The van der Waals surface area contributed by atoms with Gasteiger partial charge in [0.05, 0.1) is 19.8 Å². The van der Waals surface area contributed by atoms with Gasteiger partial charge in [-0.3, -0.25) is 4.79 Å². The molecule has 3 heteroatoms. The van der Waals surface area contributed by atoms with Crippen LogP contribution in [0.25, 0.3) is 0 Å². The fraction of sp³-hybridized carbons (Fsp3) is 0.500. The average Bonchev–Trinajstić information content (AvgIpc) is 1.63. The lowest BCUT2D eigenvalue weighted by atomic mass is 10.2. The third-order valence-electron chi connectivity index (χ3n) is 0.749. The Kier molecular flexibility index (Phi) is 3.51. The Morgan fingerprint density at radius 1 is 1.78 bits per heavy atom. The highest BCUT2D eigenvalue weighted by Crippen LogP contribution is 1.97. The van der Waals surface area contributed by atoms with Gasteiger partial charge in [0.25, 0.3) is 0 Å². The fourth-order valence-electron chi connectivity index (χ4n) is 0.481. The number of carboxylic acid groups (broad SMARTS) is 1. The number of aliphatic carboxylic acids is 1. The Morgan fingerprint density at radius 3 is 2.67 bits per heavy atom. The molecule has 52 valence electrons. The smallest absolute Gasteiger partial charge is 0.307 e. The molecule has 0 aromatic rings. The third kappa shape index (κ3) is 4.87. The lowest BCUT2D eigenvalue weighted by molar-refractivity contribution is -0.136. The maximum absolute atomic E-state index is 9.99. The van der Waals surface area contributed by atoms with E-state index in [-0.39, 0.29) is 6.42 Å². The Hall–Kier alpha value is -0.990. The zero-order chi connectivity index (χ0) is 7.28. The van der Waals surface area contributed by atoms with Gasteiger partial charge in [-0.25, -0.2) is 0 Å². The van der Waals surface area contributed by atoms with Crippen molar-refractivity contribution in [3.63, 3.8) is 0 Å². The molecule has 0 aliphatic rings.